The van der Waals surface area contributed by atoms with Gasteiger partial charge in [0, 0.05) is 12.7 Å². The number of hydrogen-bond donors (Lipinski definition) is 1. The minimum atomic E-state index is -0.122. The van der Waals surface area contributed by atoms with E-state index >= 15 is 0 Å². The molecule has 0 bridgehead atoms. The lowest BCUT2D eigenvalue weighted by atomic mass is 9.94. The molecule has 1 aliphatic heterocycles. The maximum absolute atomic E-state index is 12.3. The summed E-state index contributed by atoms with van der Waals surface area (Å²) < 4.78 is 5.37. The molecular weight excluding hydrogens is 350 g/mol. The summed E-state index contributed by atoms with van der Waals surface area (Å²) in [5.41, 5.74) is 0.666. The third-order valence-corrected chi connectivity index (χ3v) is 5.55. The Labute approximate surface area is 157 Å². The second-order valence-electron chi connectivity index (χ2n) is 6.50. The first kappa shape index (κ1) is 18.7. The molecule has 1 N–H and O–H groups in total. The summed E-state index contributed by atoms with van der Waals surface area (Å²) in [6, 6.07) is 0. The van der Waals surface area contributed by atoms with E-state index < -0.39 is 0 Å². The summed E-state index contributed by atoms with van der Waals surface area (Å²) in [6.07, 6.45) is 8.34. The molecule has 1 fully saturated rings. The van der Waals surface area contributed by atoms with Crippen LogP contribution in [0.3, 0.4) is 0 Å². The summed E-state index contributed by atoms with van der Waals surface area (Å²) in [4.78, 5) is 28.2. The van der Waals surface area contributed by atoms with Gasteiger partial charge in [0.15, 0.2) is 5.01 Å². The van der Waals surface area contributed by atoms with Gasteiger partial charge >= 0.3 is 0 Å². The number of rotatable bonds is 7. The highest BCUT2D eigenvalue weighted by atomic mass is 32.1. The van der Waals surface area contributed by atoms with Crippen molar-refractivity contribution in [3.8, 4) is 16.5 Å². The number of nitrogens with zero attached hydrogens (tertiary/aromatic N) is 4. The molecule has 2 aromatic heterocycles. The van der Waals surface area contributed by atoms with Crippen LogP contribution in [-0.4, -0.2) is 59.0 Å². The third kappa shape index (κ3) is 4.98. The molecule has 0 unspecified atom stereocenters. The fourth-order valence-corrected chi connectivity index (χ4v) is 3.78. The van der Waals surface area contributed by atoms with Crippen molar-refractivity contribution in [2.24, 2.45) is 5.92 Å². The number of amides is 1. The summed E-state index contributed by atoms with van der Waals surface area (Å²) in [5.74, 6) is 1.06. The molecule has 3 rings (SSSR count). The van der Waals surface area contributed by atoms with Gasteiger partial charge in [-0.25, -0.2) is 9.97 Å². The van der Waals surface area contributed by atoms with Gasteiger partial charge in [0.1, 0.15) is 5.69 Å². The molecular formula is C18H25N5O2S. The minimum absolute atomic E-state index is 0.122. The van der Waals surface area contributed by atoms with Crippen molar-refractivity contribution in [3.63, 3.8) is 0 Å². The highest BCUT2D eigenvalue weighted by Crippen LogP contribution is 2.25. The van der Waals surface area contributed by atoms with Crippen LogP contribution in [-0.2, 0) is 0 Å². The van der Waals surface area contributed by atoms with Crippen molar-refractivity contribution >= 4 is 17.2 Å². The Bertz CT molecular complexity index is 728. The average Bonchev–Trinajstić information content (AvgIpc) is 3.14. The molecule has 1 aliphatic rings. The van der Waals surface area contributed by atoms with E-state index in [9.17, 15) is 4.79 Å². The normalized spacial score (nSPS) is 15.8. The van der Waals surface area contributed by atoms with Crippen molar-refractivity contribution in [3.05, 3.63) is 23.6 Å². The quantitative estimate of drug-likeness (QED) is 0.801. The first-order valence-corrected chi connectivity index (χ1v) is 9.85. The molecule has 2 aromatic rings. The Morgan fingerprint density at radius 2 is 2.15 bits per heavy atom. The lowest BCUT2D eigenvalue weighted by Crippen LogP contribution is -2.32. The average molecular weight is 375 g/mol. The molecule has 1 saturated heterocycles. The Morgan fingerprint density at radius 3 is 2.92 bits per heavy atom. The number of aromatic nitrogens is 3. The van der Waals surface area contributed by atoms with Crippen molar-refractivity contribution in [2.45, 2.75) is 26.2 Å². The van der Waals surface area contributed by atoms with E-state index in [0.29, 0.717) is 35.7 Å². The monoisotopic (exact) mass is 375 g/mol. The van der Waals surface area contributed by atoms with Gasteiger partial charge in [-0.15, -0.1) is 11.3 Å². The number of thiazole rings is 1. The number of carbonyl (C=O) groups excluding carboxylic acids is 1. The maximum atomic E-state index is 12.3. The third-order valence-electron chi connectivity index (χ3n) is 4.53. The molecule has 0 radical (unpaired) electrons. The zero-order valence-electron chi connectivity index (χ0n) is 15.3. The Morgan fingerprint density at radius 1 is 1.35 bits per heavy atom. The van der Waals surface area contributed by atoms with Crippen LogP contribution in [0.25, 0.3) is 10.6 Å². The SMILES string of the molecule is CCOc1cncc(-c2cnc(C(=O)NCCC3CCN(C)CC3)s2)n1. The predicted octanol–water partition coefficient (Wildman–Crippen LogP) is 2.46. The fraction of sp³-hybridized carbons (Fsp3) is 0.556. The van der Waals surface area contributed by atoms with Crippen molar-refractivity contribution < 1.29 is 9.53 Å². The van der Waals surface area contributed by atoms with E-state index in [1.807, 2.05) is 6.92 Å². The molecule has 0 aliphatic carbocycles. The molecule has 7 nitrogen and oxygen atoms in total. The largest absolute Gasteiger partial charge is 0.477 e. The number of ether oxygens (including phenoxy) is 1. The smallest absolute Gasteiger partial charge is 0.280 e. The fourth-order valence-electron chi connectivity index (χ4n) is 3.00. The van der Waals surface area contributed by atoms with E-state index in [2.05, 4.69) is 32.2 Å². The number of nitrogens with one attached hydrogen (secondary N) is 1. The van der Waals surface area contributed by atoms with Gasteiger partial charge in [0.2, 0.25) is 5.88 Å². The van der Waals surface area contributed by atoms with Crippen LogP contribution in [0, 0.1) is 5.92 Å². The zero-order chi connectivity index (χ0) is 18.4. The molecule has 140 valence electrons. The number of likely N-dealkylation sites (tertiary alicyclic amines) is 1. The van der Waals surface area contributed by atoms with Gasteiger partial charge < -0.3 is 15.0 Å². The van der Waals surface area contributed by atoms with Crippen LogP contribution in [0.5, 0.6) is 5.88 Å². The second kappa shape index (κ2) is 9.05. The number of hydrogen-bond acceptors (Lipinski definition) is 7. The summed E-state index contributed by atoms with van der Waals surface area (Å²) in [7, 11) is 2.16. The van der Waals surface area contributed by atoms with Crippen LogP contribution >= 0.6 is 11.3 Å². The number of carbonyl (C=O) groups is 1. The molecule has 3 heterocycles. The van der Waals surface area contributed by atoms with Crippen LogP contribution < -0.4 is 10.1 Å². The minimum Gasteiger partial charge on any atom is -0.477 e. The van der Waals surface area contributed by atoms with E-state index in [1.165, 1.54) is 24.2 Å². The Kier molecular flexibility index (Phi) is 6.51. The Balaban J connectivity index is 1.52. The maximum Gasteiger partial charge on any atom is 0.280 e. The first-order chi connectivity index (χ1) is 12.7. The highest BCUT2D eigenvalue weighted by Gasteiger charge is 2.18. The van der Waals surface area contributed by atoms with Gasteiger partial charge in [0.25, 0.3) is 5.91 Å². The van der Waals surface area contributed by atoms with E-state index in [-0.39, 0.29) is 5.91 Å². The second-order valence-corrected chi connectivity index (χ2v) is 7.53. The van der Waals surface area contributed by atoms with Gasteiger partial charge in [0.05, 0.1) is 23.9 Å². The molecule has 1 amide bonds. The van der Waals surface area contributed by atoms with Crippen molar-refractivity contribution in [1.29, 1.82) is 0 Å². The molecule has 0 aromatic carbocycles. The summed E-state index contributed by atoms with van der Waals surface area (Å²) in [6.45, 7) is 5.43. The Hall–Kier alpha value is -2.06. The lowest BCUT2D eigenvalue weighted by Gasteiger charge is -2.28. The van der Waals surface area contributed by atoms with E-state index in [1.54, 1.807) is 18.6 Å². The van der Waals surface area contributed by atoms with Crippen LogP contribution in [0.1, 0.15) is 36.0 Å². The van der Waals surface area contributed by atoms with E-state index in [0.717, 1.165) is 24.4 Å². The molecule has 26 heavy (non-hydrogen) atoms. The van der Waals surface area contributed by atoms with Crippen molar-refractivity contribution in [2.75, 3.05) is 33.3 Å². The van der Waals surface area contributed by atoms with Gasteiger partial charge in [-0.05, 0) is 52.2 Å². The van der Waals surface area contributed by atoms with Gasteiger partial charge in [-0.3, -0.25) is 9.78 Å². The highest BCUT2D eigenvalue weighted by molar-refractivity contribution is 7.16. The zero-order valence-corrected chi connectivity index (χ0v) is 16.1. The topological polar surface area (TPSA) is 80.2 Å². The predicted molar refractivity (Wildman–Crippen MR) is 101 cm³/mol. The molecule has 8 heteroatoms. The first-order valence-electron chi connectivity index (χ1n) is 9.03. The number of piperidine rings is 1. The molecule has 0 saturated carbocycles. The summed E-state index contributed by atoms with van der Waals surface area (Å²) in [5, 5.41) is 3.44. The summed E-state index contributed by atoms with van der Waals surface area (Å²) >= 11 is 1.32. The molecule has 0 atom stereocenters. The van der Waals surface area contributed by atoms with Crippen molar-refractivity contribution in [1.82, 2.24) is 25.2 Å². The van der Waals surface area contributed by atoms with Gasteiger partial charge in [-0.2, -0.15) is 0 Å². The van der Waals surface area contributed by atoms with Crippen LogP contribution in [0.4, 0.5) is 0 Å². The van der Waals surface area contributed by atoms with E-state index in [4.69, 9.17) is 4.74 Å². The van der Waals surface area contributed by atoms with Crippen LogP contribution in [0.2, 0.25) is 0 Å². The standard InChI is InChI=1S/C18H25N5O2S/c1-3-25-16-12-19-10-14(22-16)15-11-21-18(26-15)17(24)20-7-4-13-5-8-23(2)9-6-13/h10-13H,3-9H2,1-2H3,(H,20,24). The van der Waals surface area contributed by atoms with Crippen LogP contribution in [0.15, 0.2) is 18.6 Å². The molecule has 0 spiro atoms. The van der Waals surface area contributed by atoms with Gasteiger partial charge in [-0.1, -0.05) is 0 Å². The lowest BCUT2D eigenvalue weighted by molar-refractivity contribution is 0.0948.